The van der Waals surface area contributed by atoms with E-state index in [0.717, 1.165) is 0 Å². The topological polar surface area (TPSA) is 65.8 Å². The zero-order valence-electron chi connectivity index (χ0n) is 11.4. The number of amides is 2. The van der Waals surface area contributed by atoms with Crippen LogP contribution in [0, 0.1) is 0 Å². The van der Waals surface area contributed by atoms with Gasteiger partial charge in [0.2, 0.25) is 5.91 Å². The molecule has 6 nitrogen and oxygen atoms in total. The van der Waals surface area contributed by atoms with Crippen molar-refractivity contribution in [2.24, 2.45) is 0 Å². The molecule has 2 heterocycles. The van der Waals surface area contributed by atoms with Crippen molar-refractivity contribution >= 4 is 11.8 Å². The zero-order chi connectivity index (χ0) is 14.4. The minimum atomic E-state index is -0.0190. The van der Waals surface area contributed by atoms with E-state index in [9.17, 15) is 9.59 Å². The minimum Gasteiger partial charge on any atom is -0.472 e. The van der Waals surface area contributed by atoms with Crippen molar-refractivity contribution in [1.82, 2.24) is 15.1 Å². The fourth-order valence-electron chi connectivity index (χ4n) is 2.12. The minimum absolute atomic E-state index is 0.0143. The van der Waals surface area contributed by atoms with Crippen LogP contribution in [-0.2, 0) is 4.79 Å². The Morgan fingerprint density at radius 1 is 1.35 bits per heavy atom. The Bertz CT molecular complexity index is 462. The third-order valence-corrected chi connectivity index (χ3v) is 3.24. The van der Waals surface area contributed by atoms with Gasteiger partial charge in [0.15, 0.2) is 0 Å². The monoisotopic (exact) mass is 277 g/mol. The molecular weight excluding hydrogens is 258 g/mol. The molecule has 0 saturated carbocycles. The van der Waals surface area contributed by atoms with Gasteiger partial charge >= 0.3 is 0 Å². The van der Waals surface area contributed by atoms with Crippen molar-refractivity contribution in [1.29, 1.82) is 0 Å². The average Bonchev–Trinajstić information content (AvgIpc) is 2.99. The summed E-state index contributed by atoms with van der Waals surface area (Å²) in [4.78, 5) is 27.5. The van der Waals surface area contributed by atoms with E-state index in [4.69, 9.17) is 4.42 Å². The van der Waals surface area contributed by atoms with Crippen LogP contribution in [0.25, 0.3) is 0 Å². The molecule has 0 atom stereocenters. The first kappa shape index (κ1) is 14.3. The van der Waals surface area contributed by atoms with Crippen molar-refractivity contribution in [2.45, 2.75) is 0 Å². The maximum Gasteiger partial charge on any atom is 0.257 e. The molecule has 1 aromatic heterocycles. The molecule has 0 unspecified atom stereocenters. The van der Waals surface area contributed by atoms with E-state index >= 15 is 0 Å². The van der Waals surface area contributed by atoms with Gasteiger partial charge in [-0.05, 0) is 6.07 Å². The third-order valence-electron chi connectivity index (χ3n) is 3.24. The number of piperazine rings is 1. The Balaban J connectivity index is 1.76. The zero-order valence-corrected chi connectivity index (χ0v) is 11.4. The third kappa shape index (κ3) is 3.71. The Morgan fingerprint density at radius 2 is 2.10 bits per heavy atom. The molecule has 2 amide bonds. The van der Waals surface area contributed by atoms with Gasteiger partial charge in [-0.2, -0.15) is 0 Å². The van der Waals surface area contributed by atoms with Crippen molar-refractivity contribution < 1.29 is 14.0 Å². The Morgan fingerprint density at radius 3 is 2.70 bits per heavy atom. The summed E-state index contributed by atoms with van der Waals surface area (Å²) in [5.74, 6) is -0.0333. The summed E-state index contributed by atoms with van der Waals surface area (Å²) in [6.07, 6.45) is 4.60. The van der Waals surface area contributed by atoms with Crippen LogP contribution in [0.1, 0.15) is 10.4 Å². The molecule has 1 saturated heterocycles. The lowest BCUT2D eigenvalue weighted by Crippen LogP contribution is -2.51. The predicted molar refractivity (Wildman–Crippen MR) is 74.3 cm³/mol. The van der Waals surface area contributed by atoms with E-state index in [1.807, 2.05) is 4.90 Å². The van der Waals surface area contributed by atoms with Crippen LogP contribution in [-0.4, -0.2) is 60.9 Å². The number of carbonyl (C=O) groups excluding carboxylic acids is 2. The standard InChI is InChI=1S/C14H19N3O3/c1-2-4-15-13(18)10-16-5-7-17(8-6-16)14(19)12-3-9-20-11-12/h2-3,9,11H,1,4-8,10H2,(H,15,18). The lowest BCUT2D eigenvalue weighted by atomic mass is 10.2. The molecule has 108 valence electrons. The van der Waals surface area contributed by atoms with Crippen molar-refractivity contribution in [3.8, 4) is 0 Å². The normalized spacial score (nSPS) is 15.9. The number of hydrogen-bond acceptors (Lipinski definition) is 4. The fraction of sp³-hybridized carbons (Fsp3) is 0.429. The molecule has 20 heavy (non-hydrogen) atoms. The summed E-state index contributed by atoms with van der Waals surface area (Å²) in [5, 5.41) is 2.74. The molecule has 0 aromatic carbocycles. The number of nitrogens with one attached hydrogen (secondary N) is 1. The second-order valence-electron chi connectivity index (χ2n) is 4.67. The van der Waals surface area contributed by atoms with Gasteiger partial charge in [0.1, 0.15) is 6.26 Å². The van der Waals surface area contributed by atoms with E-state index in [0.29, 0.717) is 44.8 Å². The SMILES string of the molecule is C=CCNC(=O)CN1CCN(C(=O)c2ccoc2)CC1. The number of rotatable bonds is 5. The van der Waals surface area contributed by atoms with Crippen LogP contribution in [0.3, 0.4) is 0 Å². The molecule has 1 aromatic rings. The van der Waals surface area contributed by atoms with Crippen LogP contribution < -0.4 is 5.32 Å². The number of nitrogens with zero attached hydrogens (tertiary/aromatic N) is 2. The highest BCUT2D eigenvalue weighted by Gasteiger charge is 2.23. The largest absolute Gasteiger partial charge is 0.472 e. The van der Waals surface area contributed by atoms with Crippen LogP contribution in [0.15, 0.2) is 35.7 Å². The van der Waals surface area contributed by atoms with Crippen LogP contribution in [0.5, 0.6) is 0 Å². The van der Waals surface area contributed by atoms with E-state index in [1.54, 1.807) is 17.0 Å². The fourth-order valence-corrected chi connectivity index (χ4v) is 2.12. The highest BCUT2D eigenvalue weighted by molar-refractivity contribution is 5.93. The lowest BCUT2D eigenvalue weighted by molar-refractivity contribution is -0.122. The summed E-state index contributed by atoms with van der Waals surface area (Å²) in [6.45, 7) is 7.05. The van der Waals surface area contributed by atoms with E-state index in [2.05, 4.69) is 11.9 Å². The van der Waals surface area contributed by atoms with Gasteiger partial charge in [0.05, 0.1) is 18.4 Å². The molecule has 1 fully saturated rings. The average molecular weight is 277 g/mol. The molecule has 0 spiro atoms. The van der Waals surface area contributed by atoms with Gasteiger partial charge in [-0.15, -0.1) is 6.58 Å². The van der Waals surface area contributed by atoms with Gasteiger partial charge in [-0.3, -0.25) is 14.5 Å². The van der Waals surface area contributed by atoms with Gasteiger partial charge in [-0.1, -0.05) is 6.08 Å². The Labute approximate surface area is 118 Å². The van der Waals surface area contributed by atoms with Gasteiger partial charge in [-0.25, -0.2) is 0 Å². The number of furan rings is 1. The number of carbonyl (C=O) groups is 2. The van der Waals surface area contributed by atoms with Crippen molar-refractivity contribution in [3.05, 3.63) is 36.8 Å². The van der Waals surface area contributed by atoms with E-state index < -0.39 is 0 Å². The maximum atomic E-state index is 12.1. The van der Waals surface area contributed by atoms with Gasteiger partial charge in [0, 0.05) is 32.7 Å². The van der Waals surface area contributed by atoms with Crippen LogP contribution >= 0.6 is 0 Å². The highest BCUT2D eigenvalue weighted by Crippen LogP contribution is 2.09. The molecule has 0 aliphatic carbocycles. The summed E-state index contributed by atoms with van der Waals surface area (Å²) in [6, 6.07) is 1.66. The second kappa shape index (κ2) is 6.91. The molecule has 0 bridgehead atoms. The van der Waals surface area contributed by atoms with Crippen molar-refractivity contribution in [3.63, 3.8) is 0 Å². The molecule has 1 aliphatic heterocycles. The first-order valence-corrected chi connectivity index (χ1v) is 6.62. The quantitative estimate of drug-likeness (QED) is 0.788. The highest BCUT2D eigenvalue weighted by atomic mass is 16.3. The summed E-state index contributed by atoms with van der Waals surface area (Å²) < 4.78 is 4.92. The Hall–Kier alpha value is -2.08. The molecule has 1 aliphatic rings. The maximum absolute atomic E-state index is 12.1. The molecule has 2 rings (SSSR count). The molecule has 0 radical (unpaired) electrons. The second-order valence-corrected chi connectivity index (χ2v) is 4.67. The van der Waals surface area contributed by atoms with Gasteiger partial charge in [0.25, 0.3) is 5.91 Å². The van der Waals surface area contributed by atoms with Crippen LogP contribution in [0.2, 0.25) is 0 Å². The predicted octanol–water partition coefficient (Wildman–Crippen LogP) is 0.340. The van der Waals surface area contributed by atoms with Crippen molar-refractivity contribution in [2.75, 3.05) is 39.3 Å². The van der Waals surface area contributed by atoms with Gasteiger partial charge < -0.3 is 14.6 Å². The van der Waals surface area contributed by atoms with E-state index in [1.165, 1.54) is 12.5 Å². The van der Waals surface area contributed by atoms with Crippen LogP contribution in [0.4, 0.5) is 0 Å². The summed E-state index contributed by atoms with van der Waals surface area (Å²) >= 11 is 0. The first-order valence-electron chi connectivity index (χ1n) is 6.62. The number of hydrogen-bond donors (Lipinski definition) is 1. The smallest absolute Gasteiger partial charge is 0.257 e. The summed E-state index contributed by atoms with van der Waals surface area (Å²) in [5.41, 5.74) is 0.571. The first-order chi connectivity index (χ1) is 9.70. The molecule has 1 N–H and O–H groups in total. The molecular formula is C14H19N3O3. The Kier molecular flexibility index (Phi) is 4.95. The molecule has 6 heteroatoms. The lowest BCUT2D eigenvalue weighted by Gasteiger charge is -2.34. The van der Waals surface area contributed by atoms with E-state index in [-0.39, 0.29) is 11.8 Å². The summed E-state index contributed by atoms with van der Waals surface area (Å²) in [7, 11) is 0.